The molecule has 1 unspecified atom stereocenters. The largest absolute Gasteiger partial charge is 1.00 e. The topological polar surface area (TPSA) is 128 Å². The van der Waals surface area contributed by atoms with Crippen molar-refractivity contribution in [1.82, 2.24) is 0 Å². The Morgan fingerprint density at radius 3 is 2.29 bits per heavy atom. The molecule has 14 heavy (non-hydrogen) atoms. The number of aliphatic imine (C=N–C) groups is 1. The predicted octanol–water partition coefficient (Wildman–Crippen LogP) is -7.54. The van der Waals surface area contributed by atoms with E-state index in [0.717, 1.165) is 0 Å². The van der Waals surface area contributed by atoms with E-state index in [2.05, 4.69) is 4.99 Å². The fourth-order valence-electron chi connectivity index (χ4n) is 0.643. The Kier molecular flexibility index (Phi) is 16.8. The van der Waals surface area contributed by atoms with Gasteiger partial charge in [-0.1, -0.05) is 0 Å². The van der Waals surface area contributed by atoms with E-state index in [-0.39, 0.29) is 69.8 Å². The van der Waals surface area contributed by atoms with Gasteiger partial charge in [0, 0.05) is 6.54 Å². The molecular weight excluding hydrogens is 235 g/mol. The van der Waals surface area contributed by atoms with Crippen molar-refractivity contribution in [2.45, 2.75) is 18.9 Å². The van der Waals surface area contributed by atoms with Crippen LogP contribution in [-0.4, -0.2) is 29.6 Å². The molecule has 0 aliphatic heterocycles. The number of nitrogens with two attached hydrogens (primary N) is 3. The van der Waals surface area contributed by atoms with E-state index >= 15 is 0 Å². The van der Waals surface area contributed by atoms with Gasteiger partial charge in [0.15, 0.2) is 5.96 Å². The fraction of sp³-hybridized carbons (Fsp3) is 0.667. The van der Waals surface area contributed by atoms with Gasteiger partial charge in [-0.3, -0.25) is 9.79 Å². The summed E-state index contributed by atoms with van der Waals surface area (Å²) in [5.41, 5.74) is 15.3. The molecule has 0 aliphatic rings. The number of guanidine groups is 1. The summed E-state index contributed by atoms with van der Waals surface area (Å²) in [4.78, 5) is 13.9. The zero-order valence-corrected chi connectivity index (χ0v) is 12.0. The molecule has 0 aromatic carbocycles. The third-order valence-electron chi connectivity index (χ3n) is 1.28. The van der Waals surface area contributed by atoms with Crippen molar-refractivity contribution in [3.63, 3.8) is 0 Å². The van der Waals surface area contributed by atoms with E-state index in [1.165, 1.54) is 0 Å². The van der Waals surface area contributed by atoms with Crippen LogP contribution in [0.1, 0.15) is 12.8 Å². The number of rotatable bonds is 5. The van der Waals surface area contributed by atoms with Gasteiger partial charge in [-0.25, -0.2) is 0 Å². The molecule has 0 spiro atoms. The normalized spacial score (nSPS) is 10.4. The minimum absolute atomic E-state index is 0. The van der Waals surface area contributed by atoms with E-state index in [0.29, 0.717) is 19.4 Å². The molecule has 0 fully saturated rings. The molecule has 0 rings (SSSR count). The predicted molar refractivity (Wildman–Crippen MR) is 45.5 cm³/mol. The molecule has 0 aromatic heterocycles. The summed E-state index contributed by atoms with van der Waals surface area (Å²) in [5, 5.41) is 8.38. The monoisotopic (exact) mass is 248 g/mol. The summed E-state index contributed by atoms with van der Waals surface area (Å²) in [7, 11) is 0. The molecule has 0 bridgehead atoms. The number of hydrogen-bond acceptors (Lipinski definition) is 3. The summed E-state index contributed by atoms with van der Waals surface area (Å²) in [6, 6.07) is -0.820. The molecule has 6 nitrogen and oxygen atoms in total. The van der Waals surface area contributed by atoms with E-state index in [4.69, 9.17) is 22.3 Å². The third-order valence-corrected chi connectivity index (χ3v) is 1.28. The number of carboxylic acids is 1. The van der Waals surface area contributed by atoms with Gasteiger partial charge in [0.05, 0.1) is 0 Å². The first-order valence-electron chi connectivity index (χ1n) is 3.58. The molecule has 0 aliphatic carbocycles. The van der Waals surface area contributed by atoms with E-state index in [9.17, 15) is 4.79 Å². The summed E-state index contributed by atoms with van der Waals surface area (Å²) in [6.07, 6.45) is 0.956. The number of carbonyl (C=O) groups is 1. The smallest absolute Gasteiger partial charge is 1.00 e. The summed E-state index contributed by atoms with van der Waals surface area (Å²) >= 11 is 0. The van der Waals surface area contributed by atoms with Gasteiger partial charge < -0.3 is 34.7 Å². The second-order valence-corrected chi connectivity index (χ2v) is 2.39. The third kappa shape index (κ3) is 12.6. The van der Waals surface area contributed by atoms with Crippen molar-refractivity contribution < 1.29 is 73.7 Å². The molecule has 0 radical (unpaired) electrons. The Morgan fingerprint density at radius 1 is 1.43 bits per heavy atom. The number of halogens is 1. The Morgan fingerprint density at radius 2 is 1.93 bits per heavy atom. The van der Waals surface area contributed by atoms with Gasteiger partial charge in [-0.05, 0) is 12.8 Å². The van der Waals surface area contributed by atoms with Gasteiger partial charge in [0.25, 0.3) is 0 Å². The summed E-state index contributed by atoms with van der Waals surface area (Å²) in [5.74, 6) is -0.987. The molecule has 0 heterocycles. The first-order chi connectivity index (χ1) is 5.54. The van der Waals surface area contributed by atoms with Crippen LogP contribution in [-0.2, 0) is 4.79 Å². The molecule has 0 amide bonds. The molecule has 0 saturated heterocycles. The SMILES string of the molecule is NC(N)=NCCCC(N)C(=O)O.[Cl-].[K+]. The Bertz CT molecular complexity index is 187. The Hall–Kier alpha value is 0.626. The minimum atomic E-state index is -1.00. The zero-order chi connectivity index (χ0) is 9.56. The van der Waals surface area contributed by atoms with Crippen LogP contribution >= 0.6 is 0 Å². The maximum Gasteiger partial charge on any atom is 1.00 e. The number of nitrogens with zero attached hydrogens (tertiary/aromatic N) is 1. The second-order valence-electron chi connectivity index (χ2n) is 2.39. The van der Waals surface area contributed by atoms with Crippen molar-refractivity contribution >= 4 is 11.9 Å². The van der Waals surface area contributed by atoms with Crippen LogP contribution in [0.15, 0.2) is 4.99 Å². The second kappa shape index (κ2) is 11.7. The van der Waals surface area contributed by atoms with Crippen LogP contribution in [0, 0.1) is 0 Å². The van der Waals surface area contributed by atoms with Gasteiger partial charge in [-0.2, -0.15) is 0 Å². The maximum atomic E-state index is 10.2. The first kappa shape index (κ1) is 20.1. The van der Waals surface area contributed by atoms with Crippen LogP contribution < -0.4 is 81.0 Å². The first-order valence-corrected chi connectivity index (χ1v) is 3.58. The standard InChI is InChI=1S/C6H14N4O2.ClH.K/c7-4(5(11)12)2-1-3-10-6(8)9;;/h4H,1-3,7H2,(H,11,12)(H4,8,9,10);1H;/q;;+1/p-1. The maximum absolute atomic E-state index is 10.2. The molecule has 1 atom stereocenters. The quantitative estimate of drug-likeness (QED) is 0.166. The average Bonchev–Trinajstić information content (AvgIpc) is 1.97. The van der Waals surface area contributed by atoms with Crippen LogP contribution in [0.4, 0.5) is 0 Å². The van der Waals surface area contributed by atoms with Gasteiger partial charge in [0.2, 0.25) is 0 Å². The van der Waals surface area contributed by atoms with Gasteiger partial charge in [-0.15, -0.1) is 0 Å². The van der Waals surface area contributed by atoms with Crippen molar-refractivity contribution in [2.75, 3.05) is 6.54 Å². The van der Waals surface area contributed by atoms with Crippen molar-refractivity contribution in [1.29, 1.82) is 0 Å². The molecule has 0 saturated carbocycles. The van der Waals surface area contributed by atoms with Crippen LogP contribution in [0.5, 0.6) is 0 Å². The summed E-state index contributed by atoms with van der Waals surface area (Å²) < 4.78 is 0. The summed E-state index contributed by atoms with van der Waals surface area (Å²) in [6.45, 7) is 0.420. The molecule has 78 valence electrons. The number of aliphatic carboxylic acids is 1. The molecule has 0 aromatic rings. The van der Waals surface area contributed by atoms with Crippen molar-refractivity contribution in [3.8, 4) is 0 Å². The Labute approximate surface area is 132 Å². The van der Waals surface area contributed by atoms with Crippen LogP contribution in [0.3, 0.4) is 0 Å². The van der Waals surface area contributed by atoms with Crippen LogP contribution in [0.2, 0.25) is 0 Å². The van der Waals surface area contributed by atoms with Gasteiger partial charge >= 0.3 is 57.4 Å². The number of hydrogen-bond donors (Lipinski definition) is 4. The minimum Gasteiger partial charge on any atom is -1.00 e. The van der Waals surface area contributed by atoms with E-state index < -0.39 is 12.0 Å². The van der Waals surface area contributed by atoms with E-state index in [1.54, 1.807) is 0 Å². The van der Waals surface area contributed by atoms with Crippen LogP contribution in [0.25, 0.3) is 0 Å². The molecule has 7 N–H and O–H groups in total. The fourth-order valence-corrected chi connectivity index (χ4v) is 0.643. The average molecular weight is 249 g/mol. The molecular formula is C6H14ClKN4O2. The Balaban J connectivity index is -0.000000605. The van der Waals surface area contributed by atoms with E-state index in [1.807, 2.05) is 0 Å². The number of carboxylic acid groups (broad SMARTS) is 1. The van der Waals surface area contributed by atoms with Crippen molar-refractivity contribution in [3.05, 3.63) is 0 Å². The van der Waals surface area contributed by atoms with Crippen molar-refractivity contribution in [2.24, 2.45) is 22.2 Å². The zero-order valence-electron chi connectivity index (χ0n) is 8.11. The molecule has 8 heteroatoms. The van der Waals surface area contributed by atoms with Gasteiger partial charge in [0.1, 0.15) is 6.04 Å².